The van der Waals surface area contributed by atoms with Gasteiger partial charge in [-0.25, -0.2) is 9.99 Å². The van der Waals surface area contributed by atoms with Crippen molar-refractivity contribution in [2.24, 2.45) is 10.8 Å². The number of nitrogens with two attached hydrogens (primary N) is 1. The molecule has 0 bridgehead atoms. The van der Waals surface area contributed by atoms with Crippen LogP contribution >= 0.6 is 11.6 Å². The minimum atomic E-state index is 0.211. The summed E-state index contributed by atoms with van der Waals surface area (Å²) >= 11 is 5.73. The van der Waals surface area contributed by atoms with E-state index in [1.807, 2.05) is 6.92 Å². The van der Waals surface area contributed by atoms with Crippen LogP contribution in [0.15, 0.2) is 17.5 Å². The third kappa shape index (κ3) is 1.63. The first kappa shape index (κ1) is 9.21. The smallest absolute Gasteiger partial charge is 0.169 e. The topological polar surface area (TPSA) is 67.4 Å². The van der Waals surface area contributed by atoms with Crippen LogP contribution in [0.5, 0.6) is 0 Å². The van der Waals surface area contributed by atoms with Crippen LogP contribution in [-0.2, 0) is 0 Å². The molecule has 0 amide bonds. The highest BCUT2D eigenvalue weighted by Crippen LogP contribution is 2.21. The number of rotatable bonds is 1. The van der Waals surface area contributed by atoms with Crippen LogP contribution in [0.1, 0.15) is 13.3 Å². The van der Waals surface area contributed by atoms with Crippen LogP contribution in [0.25, 0.3) is 0 Å². The highest BCUT2D eigenvalue weighted by Gasteiger charge is 2.23. The second-order valence-electron chi connectivity index (χ2n) is 3.19. The number of aromatic nitrogens is 2. The molecule has 1 aromatic heterocycles. The van der Waals surface area contributed by atoms with Gasteiger partial charge in [-0.05, 0) is 6.92 Å². The number of hydrazone groups is 1. The van der Waals surface area contributed by atoms with Crippen LogP contribution in [0.2, 0.25) is 5.15 Å². The van der Waals surface area contributed by atoms with Gasteiger partial charge in [0.1, 0.15) is 11.0 Å². The molecule has 1 aromatic rings. The van der Waals surface area contributed by atoms with E-state index < -0.39 is 0 Å². The van der Waals surface area contributed by atoms with Crippen molar-refractivity contribution >= 4 is 23.3 Å². The number of hydrogen-bond acceptors (Lipinski definition) is 5. The van der Waals surface area contributed by atoms with Crippen LogP contribution in [0, 0.1) is 0 Å². The van der Waals surface area contributed by atoms with Crippen LogP contribution in [0.3, 0.4) is 0 Å². The van der Waals surface area contributed by atoms with Crippen molar-refractivity contribution in [3.05, 3.63) is 17.5 Å². The Morgan fingerprint density at radius 1 is 1.57 bits per heavy atom. The summed E-state index contributed by atoms with van der Waals surface area (Å²) in [6.45, 7) is 2.02. The Kier molecular flexibility index (Phi) is 2.25. The zero-order valence-electron chi connectivity index (χ0n) is 7.68. The van der Waals surface area contributed by atoms with Crippen molar-refractivity contribution in [3.8, 4) is 0 Å². The van der Waals surface area contributed by atoms with Crippen molar-refractivity contribution < 1.29 is 0 Å². The predicted octanol–water partition coefficient (Wildman–Crippen LogP) is 1.00. The van der Waals surface area contributed by atoms with Gasteiger partial charge >= 0.3 is 0 Å². The van der Waals surface area contributed by atoms with E-state index in [0.29, 0.717) is 16.8 Å². The summed E-state index contributed by atoms with van der Waals surface area (Å²) in [4.78, 5) is 8.05. The molecular weight excluding hydrogens is 202 g/mol. The zero-order valence-corrected chi connectivity index (χ0v) is 8.44. The largest absolute Gasteiger partial charge is 0.386 e. The average Bonchev–Trinajstić information content (AvgIpc) is 2.45. The van der Waals surface area contributed by atoms with E-state index in [4.69, 9.17) is 17.3 Å². The molecular formula is C8H10ClN5. The second-order valence-corrected chi connectivity index (χ2v) is 3.58. The summed E-state index contributed by atoms with van der Waals surface area (Å²) in [6, 6.07) is 0.211. The SMILES string of the molecule is CC1CC(N)=NN1c1cncc(Cl)n1. The first-order valence-electron chi connectivity index (χ1n) is 4.26. The van der Waals surface area contributed by atoms with Gasteiger partial charge < -0.3 is 5.73 Å². The van der Waals surface area contributed by atoms with E-state index in [0.717, 1.165) is 6.42 Å². The quantitative estimate of drug-likeness (QED) is 0.753. The molecule has 14 heavy (non-hydrogen) atoms. The van der Waals surface area contributed by atoms with E-state index >= 15 is 0 Å². The molecule has 5 nitrogen and oxygen atoms in total. The van der Waals surface area contributed by atoms with Crippen LogP contribution in [-0.4, -0.2) is 21.8 Å². The lowest BCUT2D eigenvalue weighted by Crippen LogP contribution is -2.23. The third-order valence-corrected chi connectivity index (χ3v) is 2.17. The van der Waals surface area contributed by atoms with Gasteiger partial charge in [-0.2, -0.15) is 5.10 Å². The van der Waals surface area contributed by atoms with E-state index in [-0.39, 0.29) is 6.04 Å². The third-order valence-electron chi connectivity index (χ3n) is 1.99. The second kappa shape index (κ2) is 3.42. The summed E-state index contributed by atoms with van der Waals surface area (Å²) < 4.78 is 0. The highest BCUT2D eigenvalue weighted by atomic mass is 35.5. The molecule has 0 radical (unpaired) electrons. The van der Waals surface area contributed by atoms with Gasteiger partial charge in [-0.15, -0.1) is 0 Å². The summed E-state index contributed by atoms with van der Waals surface area (Å²) in [7, 11) is 0. The van der Waals surface area contributed by atoms with Crippen molar-refractivity contribution in [1.29, 1.82) is 0 Å². The van der Waals surface area contributed by atoms with Gasteiger partial charge in [-0.3, -0.25) is 4.98 Å². The lowest BCUT2D eigenvalue weighted by Gasteiger charge is -2.17. The van der Waals surface area contributed by atoms with Crippen molar-refractivity contribution in [1.82, 2.24) is 9.97 Å². The molecule has 0 fully saturated rings. The highest BCUT2D eigenvalue weighted by molar-refractivity contribution is 6.29. The Bertz CT molecular complexity index is 378. The maximum Gasteiger partial charge on any atom is 0.169 e. The Labute approximate surface area is 86.6 Å². The van der Waals surface area contributed by atoms with Gasteiger partial charge in [0.25, 0.3) is 0 Å². The summed E-state index contributed by atoms with van der Waals surface area (Å²) in [6.07, 6.45) is 3.84. The fourth-order valence-electron chi connectivity index (χ4n) is 1.39. The Hall–Kier alpha value is -1.36. The van der Waals surface area contributed by atoms with Gasteiger partial charge in [0, 0.05) is 6.42 Å². The molecule has 74 valence electrons. The summed E-state index contributed by atoms with van der Waals surface area (Å²) in [5.41, 5.74) is 5.62. The molecule has 6 heteroatoms. The molecule has 2 heterocycles. The number of hydrogen-bond donors (Lipinski definition) is 1. The average molecular weight is 212 g/mol. The minimum absolute atomic E-state index is 0.211. The summed E-state index contributed by atoms with van der Waals surface area (Å²) in [5, 5.41) is 6.23. The van der Waals surface area contributed by atoms with E-state index in [1.54, 1.807) is 11.2 Å². The molecule has 1 aliphatic rings. The standard InChI is InChI=1S/C8H10ClN5/c1-5-2-7(10)13-14(5)8-4-11-3-6(9)12-8/h3-5H,2H2,1H3,(H2,10,13). The van der Waals surface area contributed by atoms with Gasteiger partial charge in [0.2, 0.25) is 0 Å². The Morgan fingerprint density at radius 3 is 2.93 bits per heavy atom. The Balaban J connectivity index is 2.31. The molecule has 1 aliphatic heterocycles. The van der Waals surface area contributed by atoms with E-state index in [2.05, 4.69) is 15.1 Å². The zero-order chi connectivity index (χ0) is 10.1. The van der Waals surface area contributed by atoms with Gasteiger partial charge in [0.15, 0.2) is 5.82 Å². The Morgan fingerprint density at radius 2 is 2.36 bits per heavy atom. The maximum atomic E-state index is 5.73. The molecule has 0 aromatic carbocycles. The van der Waals surface area contributed by atoms with Crippen molar-refractivity contribution in [3.63, 3.8) is 0 Å². The van der Waals surface area contributed by atoms with Crippen LogP contribution < -0.4 is 10.7 Å². The number of nitrogens with zero attached hydrogens (tertiary/aromatic N) is 4. The van der Waals surface area contributed by atoms with Gasteiger partial charge in [-0.1, -0.05) is 11.6 Å². The van der Waals surface area contributed by atoms with Crippen molar-refractivity contribution in [2.75, 3.05) is 5.01 Å². The van der Waals surface area contributed by atoms with Gasteiger partial charge in [0.05, 0.1) is 18.4 Å². The first-order chi connectivity index (χ1) is 6.66. The maximum absolute atomic E-state index is 5.73. The number of anilines is 1. The van der Waals surface area contributed by atoms with Crippen molar-refractivity contribution in [2.45, 2.75) is 19.4 Å². The van der Waals surface area contributed by atoms with E-state index in [9.17, 15) is 0 Å². The van der Waals surface area contributed by atoms with E-state index in [1.165, 1.54) is 6.20 Å². The fraction of sp³-hybridized carbons (Fsp3) is 0.375. The minimum Gasteiger partial charge on any atom is -0.386 e. The monoisotopic (exact) mass is 211 g/mol. The molecule has 2 rings (SSSR count). The molecule has 0 saturated heterocycles. The lowest BCUT2D eigenvalue weighted by atomic mass is 10.2. The van der Waals surface area contributed by atoms with Crippen LogP contribution in [0.4, 0.5) is 5.82 Å². The molecule has 0 aliphatic carbocycles. The predicted molar refractivity (Wildman–Crippen MR) is 55.2 cm³/mol. The molecule has 1 unspecified atom stereocenters. The number of halogens is 1. The molecule has 2 N–H and O–H groups in total. The fourth-order valence-corrected chi connectivity index (χ4v) is 1.53. The lowest BCUT2D eigenvalue weighted by molar-refractivity contribution is 0.711. The number of amidine groups is 1. The summed E-state index contributed by atoms with van der Waals surface area (Å²) in [5.74, 6) is 1.24. The molecule has 1 atom stereocenters. The molecule has 0 saturated carbocycles. The normalized spacial score (nSPS) is 21.1. The first-order valence-corrected chi connectivity index (χ1v) is 4.64. The molecule has 0 spiro atoms.